The van der Waals surface area contributed by atoms with Gasteiger partial charge >= 0.3 is 0 Å². The second kappa shape index (κ2) is 7.18. The molecule has 0 unspecified atom stereocenters. The second-order valence-electron chi connectivity index (χ2n) is 4.68. The lowest BCUT2D eigenvalue weighted by Crippen LogP contribution is -2.28. The van der Waals surface area contributed by atoms with Crippen LogP contribution in [0.2, 0.25) is 0 Å². The molecular formula is C15H13N5O4. The molecule has 0 bridgehead atoms. The molecular weight excluding hydrogens is 314 g/mol. The zero-order valence-electron chi connectivity index (χ0n) is 12.4. The fourth-order valence-corrected chi connectivity index (χ4v) is 1.84. The summed E-state index contributed by atoms with van der Waals surface area (Å²) in [5, 5.41) is 6.30. The molecule has 9 nitrogen and oxygen atoms in total. The Morgan fingerprint density at radius 1 is 1.33 bits per heavy atom. The first-order valence-electron chi connectivity index (χ1n) is 7.02. The first-order chi connectivity index (χ1) is 11.7. The SMILES string of the molecule is O=C(COc1cccnc1)NCc1nc(-c2ccc[nH]c2=O)no1. The lowest BCUT2D eigenvalue weighted by molar-refractivity contribution is -0.123. The number of hydrogen-bond donors (Lipinski definition) is 2. The van der Waals surface area contributed by atoms with E-state index in [2.05, 4.69) is 25.4 Å². The third-order valence-corrected chi connectivity index (χ3v) is 2.97. The molecule has 122 valence electrons. The highest BCUT2D eigenvalue weighted by Crippen LogP contribution is 2.10. The van der Waals surface area contributed by atoms with Crippen LogP contribution in [0.3, 0.4) is 0 Å². The molecule has 0 aliphatic heterocycles. The summed E-state index contributed by atoms with van der Waals surface area (Å²) in [6.45, 7) is -0.127. The highest BCUT2D eigenvalue weighted by Gasteiger charge is 2.12. The minimum atomic E-state index is -0.351. The zero-order chi connectivity index (χ0) is 16.8. The van der Waals surface area contributed by atoms with Gasteiger partial charge in [0.2, 0.25) is 11.7 Å². The van der Waals surface area contributed by atoms with E-state index in [1.54, 1.807) is 30.5 Å². The first-order valence-corrected chi connectivity index (χ1v) is 7.02. The Morgan fingerprint density at radius 2 is 2.25 bits per heavy atom. The van der Waals surface area contributed by atoms with Crippen LogP contribution in [-0.4, -0.2) is 32.6 Å². The number of H-pyrrole nitrogens is 1. The number of ether oxygens (including phenoxy) is 1. The van der Waals surface area contributed by atoms with Gasteiger partial charge in [0.25, 0.3) is 11.5 Å². The van der Waals surface area contributed by atoms with E-state index in [9.17, 15) is 9.59 Å². The van der Waals surface area contributed by atoms with Gasteiger partial charge in [-0.25, -0.2) is 0 Å². The molecule has 2 N–H and O–H groups in total. The molecule has 3 aromatic heterocycles. The van der Waals surface area contributed by atoms with E-state index in [4.69, 9.17) is 9.26 Å². The third kappa shape index (κ3) is 3.83. The molecule has 3 rings (SSSR count). The molecule has 0 aliphatic carbocycles. The number of pyridine rings is 2. The van der Waals surface area contributed by atoms with Crippen molar-refractivity contribution in [2.75, 3.05) is 6.61 Å². The summed E-state index contributed by atoms with van der Waals surface area (Å²) in [4.78, 5) is 33.8. The van der Waals surface area contributed by atoms with Crippen molar-refractivity contribution in [3.63, 3.8) is 0 Å². The lowest BCUT2D eigenvalue weighted by atomic mass is 10.3. The molecule has 9 heteroatoms. The molecule has 0 saturated heterocycles. The molecule has 0 atom stereocenters. The fourth-order valence-electron chi connectivity index (χ4n) is 1.84. The van der Waals surface area contributed by atoms with Gasteiger partial charge in [-0.2, -0.15) is 4.98 Å². The highest BCUT2D eigenvalue weighted by atomic mass is 16.5. The summed E-state index contributed by atoms with van der Waals surface area (Å²) in [5.74, 6) is 0.489. The second-order valence-corrected chi connectivity index (χ2v) is 4.68. The average Bonchev–Trinajstić information content (AvgIpc) is 3.08. The minimum absolute atomic E-state index is 0.0347. The first kappa shape index (κ1) is 15.4. The standard InChI is InChI=1S/C15H13N5O4/c21-12(9-23-10-3-1-5-16-7-10)18-8-13-19-14(20-24-13)11-4-2-6-17-15(11)22/h1-7H,8-9H2,(H,17,22)(H,18,21). The number of hydrogen-bond acceptors (Lipinski definition) is 7. The Bertz CT molecular complexity index is 875. The summed E-state index contributed by atoms with van der Waals surface area (Å²) in [7, 11) is 0. The molecule has 0 aliphatic rings. The topological polar surface area (TPSA) is 123 Å². The van der Waals surface area contributed by atoms with Crippen LogP contribution in [0.25, 0.3) is 11.4 Å². The molecule has 0 fully saturated rings. The van der Waals surface area contributed by atoms with Gasteiger partial charge in [-0.05, 0) is 24.3 Å². The number of nitrogens with one attached hydrogen (secondary N) is 2. The zero-order valence-corrected chi connectivity index (χ0v) is 12.4. The normalized spacial score (nSPS) is 10.3. The van der Waals surface area contributed by atoms with Crippen LogP contribution in [0.4, 0.5) is 0 Å². The predicted molar refractivity (Wildman–Crippen MR) is 81.9 cm³/mol. The van der Waals surface area contributed by atoms with Gasteiger partial charge in [0, 0.05) is 12.4 Å². The summed E-state index contributed by atoms with van der Waals surface area (Å²) in [5.41, 5.74) is -0.0301. The van der Waals surface area contributed by atoms with Crippen molar-refractivity contribution in [3.8, 4) is 17.1 Å². The number of aromatic amines is 1. The number of nitrogens with zero attached hydrogens (tertiary/aromatic N) is 3. The summed E-state index contributed by atoms with van der Waals surface area (Å²) < 4.78 is 10.3. The van der Waals surface area contributed by atoms with Crippen LogP contribution >= 0.6 is 0 Å². The predicted octanol–water partition coefficient (Wildman–Crippen LogP) is 0.515. The number of carbonyl (C=O) groups excluding carboxylic acids is 1. The van der Waals surface area contributed by atoms with E-state index in [-0.39, 0.29) is 36.3 Å². The summed E-state index contributed by atoms with van der Waals surface area (Å²) in [6.07, 6.45) is 4.63. The van der Waals surface area contributed by atoms with E-state index < -0.39 is 0 Å². The fraction of sp³-hybridized carbons (Fsp3) is 0.133. The van der Waals surface area contributed by atoms with E-state index in [1.165, 1.54) is 12.4 Å². The van der Waals surface area contributed by atoms with Crippen molar-refractivity contribution in [2.45, 2.75) is 6.54 Å². The maximum Gasteiger partial charge on any atom is 0.259 e. The Labute approximate surface area is 135 Å². The van der Waals surface area contributed by atoms with Crippen LogP contribution in [0.15, 0.2) is 52.2 Å². The van der Waals surface area contributed by atoms with E-state index >= 15 is 0 Å². The van der Waals surface area contributed by atoms with Gasteiger partial charge in [-0.1, -0.05) is 5.16 Å². The van der Waals surface area contributed by atoms with E-state index in [1.807, 2.05) is 0 Å². The van der Waals surface area contributed by atoms with Gasteiger partial charge in [0.15, 0.2) is 6.61 Å². The van der Waals surface area contributed by atoms with Gasteiger partial charge in [0.1, 0.15) is 5.75 Å². The number of carbonyl (C=O) groups is 1. The molecule has 0 aromatic carbocycles. The molecule has 0 radical (unpaired) electrons. The van der Waals surface area contributed by atoms with Crippen molar-refractivity contribution in [1.82, 2.24) is 25.4 Å². The summed E-state index contributed by atoms with van der Waals surface area (Å²) in [6, 6.07) is 6.64. The van der Waals surface area contributed by atoms with Crippen LogP contribution < -0.4 is 15.6 Å². The van der Waals surface area contributed by atoms with Crippen molar-refractivity contribution in [3.05, 3.63) is 59.1 Å². The van der Waals surface area contributed by atoms with E-state index in [0.717, 1.165) is 0 Å². The van der Waals surface area contributed by atoms with Crippen molar-refractivity contribution >= 4 is 5.91 Å². The third-order valence-electron chi connectivity index (χ3n) is 2.97. The monoisotopic (exact) mass is 327 g/mol. The van der Waals surface area contributed by atoms with E-state index in [0.29, 0.717) is 11.3 Å². The average molecular weight is 327 g/mol. The van der Waals surface area contributed by atoms with Crippen LogP contribution in [0, 0.1) is 0 Å². The molecule has 0 spiro atoms. The van der Waals surface area contributed by atoms with Crippen LogP contribution in [0.1, 0.15) is 5.89 Å². The maximum atomic E-state index is 11.7. The van der Waals surface area contributed by atoms with Gasteiger partial charge in [0.05, 0.1) is 18.3 Å². The quantitative estimate of drug-likeness (QED) is 0.676. The van der Waals surface area contributed by atoms with Gasteiger partial charge < -0.3 is 19.6 Å². The molecule has 1 amide bonds. The van der Waals surface area contributed by atoms with Crippen LogP contribution in [-0.2, 0) is 11.3 Å². The number of amides is 1. The largest absolute Gasteiger partial charge is 0.482 e. The number of aromatic nitrogens is 4. The van der Waals surface area contributed by atoms with Gasteiger partial charge in [-0.3, -0.25) is 14.6 Å². The Morgan fingerprint density at radius 3 is 3.04 bits per heavy atom. The Kier molecular flexibility index (Phi) is 4.61. The van der Waals surface area contributed by atoms with Gasteiger partial charge in [-0.15, -0.1) is 0 Å². The Hall–Kier alpha value is -3.49. The lowest BCUT2D eigenvalue weighted by Gasteiger charge is -2.05. The summed E-state index contributed by atoms with van der Waals surface area (Å²) >= 11 is 0. The molecule has 3 heterocycles. The Balaban J connectivity index is 1.53. The molecule has 24 heavy (non-hydrogen) atoms. The van der Waals surface area contributed by atoms with Crippen molar-refractivity contribution < 1.29 is 14.1 Å². The van der Waals surface area contributed by atoms with Crippen LogP contribution in [0.5, 0.6) is 5.75 Å². The molecule has 3 aromatic rings. The molecule has 0 saturated carbocycles. The number of rotatable bonds is 6. The highest BCUT2D eigenvalue weighted by molar-refractivity contribution is 5.77. The maximum absolute atomic E-state index is 11.7. The minimum Gasteiger partial charge on any atom is -0.482 e. The smallest absolute Gasteiger partial charge is 0.259 e. The van der Waals surface area contributed by atoms with Crippen molar-refractivity contribution in [2.24, 2.45) is 0 Å². The van der Waals surface area contributed by atoms with Crippen molar-refractivity contribution in [1.29, 1.82) is 0 Å².